The lowest BCUT2D eigenvalue weighted by Gasteiger charge is -2.30. The van der Waals surface area contributed by atoms with Gasteiger partial charge in [-0.3, -0.25) is 9.59 Å². The SMILES string of the molecule is COC(=O)NC(C(=O)N1CCCC1c1ncc(-c2ccc(-c3ccc(-c4cnc(C5CCCN5C(=O)[C@@H](NC(=O)OC)C(C)C)[nH]4)cc3)cc2)[nH]1)c1ccccc1.Cl. The number of methoxy groups -OCH3 is 2. The van der Waals surface area contributed by atoms with Crippen LogP contribution in [0.1, 0.15) is 74.9 Å². The Morgan fingerprint density at radius 1 is 0.655 bits per heavy atom. The van der Waals surface area contributed by atoms with Crippen LogP contribution in [0.4, 0.5) is 9.59 Å². The third-order valence-corrected chi connectivity index (χ3v) is 10.8. The third-order valence-electron chi connectivity index (χ3n) is 10.8. The van der Waals surface area contributed by atoms with Gasteiger partial charge in [0.15, 0.2) is 0 Å². The number of carbonyl (C=O) groups excluding carboxylic acids is 4. The fourth-order valence-electron chi connectivity index (χ4n) is 7.77. The normalized spacial score (nSPS) is 17.3. The second kappa shape index (κ2) is 18.4. The maximum Gasteiger partial charge on any atom is 0.407 e. The number of H-pyrrole nitrogens is 2. The Bertz CT molecular complexity index is 2190. The van der Waals surface area contributed by atoms with Crippen LogP contribution < -0.4 is 10.6 Å². The molecule has 5 aromatic rings. The predicted octanol–water partition coefficient (Wildman–Crippen LogP) is 7.36. The van der Waals surface area contributed by atoms with Crippen LogP contribution in [0.2, 0.25) is 0 Å². The van der Waals surface area contributed by atoms with Crippen molar-refractivity contribution in [3.05, 3.63) is 108 Å². The first-order chi connectivity index (χ1) is 27.6. The molecule has 14 nitrogen and oxygen atoms in total. The molecule has 2 aliphatic heterocycles. The zero-order valence-corrected chi connectivity index (χ0v) is 33.8. The molecule has 2 aliphatic rings. The average molecular weight is 809 g/mol. The van der Waals surface area contributed by atoms with Crippen molar-refractivity contribution in [2.45, 2.75) is 63.7 Å². The number of benzene rings is 3. The number of nitrogens with one attached hydrogen (secondary N) is 4. The Morgan fingerprint density at radius 2 is 1.10 bits per heavy atom. The Hall–Kier alpha value is -6.15. The van der Waals surface area contributed by atoms with Crippen molar-refractivity contribution >= 4 is 36.4 Å². The van der Waals surface area contributed by atoms with Gasteiger partial charge in [-0.25, -0.2) is 19.6 Å². The number of ether oxygens (including phenoxy) is 2. The van der Waals surface area contributed by atoms with Crippen LogP contribution in [-0.4, -0.2) is 87.1 Å². The minimum atomic E-state index is -0.880. The largest absolute Gasteiger partial charge is 0.453 e. The average Bonchev–Trinajstić information content (AvgIpc) is 4.09. The van der Waals surface area contributed by atoms with Gasteiger partial charge < -0.3 is 39.9 Å². The number of aromatic nitrogens is 4. The van der Waals surface area contributed by atoms with E-state index in [2.05, 4.69) is 49.9 Å². The van der Waals surface area contributed by atoms with Gasteiger partial charge in [0.1, 0.15) is 23.7 Å². The van der Waals surface area contributed by atoms with Gasteiger partial charge in [0, 0.05) is 13.1 Å². The van der Waals surface area contributed by atoms with Crippen LogP contribution in [0.5, 0.6) is 0 Å². The van der Waals surface area contributed by atoms with Crippen molar-refractivity contribution in [3.63, 3.8) is 0 Å². The topological polar surface area (TPSA) is 175 Å². The van der Waals surface area contributed by atoms with E-state index >= 15 is 0 Å². The van der Waals surface area contributed by atoms with Gasteiger partial charge in [-0.2, -0.15) is 0 Å². The van der Waals surface area contributed by atoms with E-state index in [0.29, 0.717) is 24.5 Å². The van der Waals surface area contributed by atoms with Gasteiger partial charge in [0.25, 0.3) is 5.91 Å². The van der Waals surface area contributed by atoms with Gasteiger partial charge in [-0.1, -0.05) is 92.7 Å². The molecule has 7 rings (SSSR count). The summed E-state index contributed by atoms with van der Waals surface area (Å²) in [5, 5.41) is 5.40. The van der Waals surface area contributed by atoms with E-state index in [-0.39, 0.29) is 42.2 Å². The first-order valence-corrected chi connectivity index (χ1v) is 19.3. The molecule has 3 aromatic carbocycles. The lowest BCUT2D eigenvalue weighted by atomic mass is 10.0. The molecule has 0 aliphatic carbocycles. The summed E-state index contributed by atoms with van der Waals surface area (Å²) in [6.45, 7) is 4.94. The van der Waals surface area contributed by atoms with E-state index in [9.17, 15) is 19.2 Å². The summed E-state index contributed by atoms with van der Waals surface area (Å²) < 4.78 is 9.58. The number of aromatic amines is 2. The summed E-state index contributed by atoms with van der Waals surface area (Å²) >= 11 is 0. The first-order valence-electron chi connectivity index (χ1n) is 19.3. The minimum absolute atomic E-state index is 0. The number of alkyl carbamates (subject to hydrolysis) is 2. The molecule has 15 heteroatoms. The maximum atomic E-state index is 13.9. The van der Waals surface area contributed by atoms with Crippen molar-refractivity contribution in [2.75, 3.05) is 27.3 Å². The molecular formula is C43H49ClN8O6. The van der Waals surface area contributed by atoms with E-state index in [0.717, 1.165) is 65.1 Å². The smallest absolute Gasteiger partial charge is 0.407 e. The summed E-state index contributed by atoms with van der Waals surface area (Å²) in [6, 6.07) is 23.6. The van der Waals surface area contributed by atoms with E-state index in [1.807, 2.05) is 68.4 Å². The molecule has 3 unspecified atom stereocenters. The zero-order valence-electron chi connectivity index (χ0n) is 32.9. The number of rotatable bonds is 11. The molecule has 0 radical (unpaired) electrons. The summed E-state index contributed by atoms with van der Waals surface area (Å²) in [6.07, 6.45) is 5.49. The van der Waals surface area contributed by atoms with Gasteiger partial charge in [-0.05, 0) is 59.4 Å². The molecule has 4 heterocycles. The van der Waals surface area contributed by atoms with Crippen LogP contribution >= 0.6 is 12.4 Å². The van der Waals surface area contributed by atoms with Gasteiger partial charge in [-0.15, -0.1) is 12.4 Å². The van der Waals surface area contributed by atoms with Crippen molar-refractivity contribution in [1.29, 1.82) is 0 Å². The molecule has 2 fully saturated rings. The van der Waals surface area contributed by atoms with Crippen LogP contribution in [0, 0.1) is 5.92 Å². The summed E-state index contributed by atoms with van der Waals surface area (Å²) in [5.74, 6) is 0.954. The van der Waals surface area contributed by atoms with Crippen molar-refractivity contribution in [1.82, 2.24) is 40.4 Å². The van der Waals surface area contributed by atoms with Crippen LogP contribution in [0.15, 0.2) is 91.3 Å². The van der Waals surface area contributed by atoms with Crippen LogP contribution in [0.3, 0.4) is 0 Å². The molecule has 304 valence electrons. The highest BCUT2D eigenvalue weighted by atomic mass is 35.5. The lowest BCUT2D eigenvalue weighted by Crippen LogP contribution is -2.51. The maximum absolute atomic E-state index is 13.9. The highest BCUT2D eigenvalue weighted by Gasteiger charge is 2.38. The standard InChI is InChI=1S/C43H48N8O6.ClH/c1-26(2)36(48-42(54)56-3)40(52)50-22-8-12-34(50)38-44-24-32(46-38)29-18-14-27(15-19-29)28-16-20-30(21-17-28)33-25-45-39(47-33)35-13-9-23-51(35)41(53)37(49-43(55)57-4)31-10-6-5-7-11-31;/h5-7,10-11,14-21,24-26,34-37H,8-9,12-13,22-23H2,1-4H3,(H,44,46)(H,45,47)(H,48,54)(H,49,55);1H/t34?,35?,36-,37?;/m0./s1. The summed E-state index contributed by atoms with van der Waals surface area (Å²) in [4.78, 5) is 71.4. The molecule has 58 heavy (non-hydrogen) atoms. The number of nitrogens with zero attached hydrogens (tertiary/aromatic N) is 4. The number of likely N-dealkylation sites (tertiary alicyclic amines) is 2. The lowest BCUT2D eigenvalue weighted by molar-refractivity contribution is -0.135. The number of halogens is 1. The van der Waals surface area contributed by atoms with E-state index < -0.39 is 24.3 Å². The van der Waals surface area contributed by atoms with Crippen molar-refractivity contribution in [2.24, 2.45) is 5.92 Å². The summed E-state index contributed by atoms with van der Waals surface area (Å²) in [5.41, 5.74) is 6.41. The van der Waals surface area contributed by atoms with E-state index in [1.165, 1.54) is 14.2 Å². The highest BCUT2D eigenvalue weighted by Crippen LogP contribution is 2.36. The molecule has 4 atom stereocenters. The molecular weight excluding hydrogens is 760 g/mol. The Kier molecular flexibility index (Phi) is 13.2. The molecule has 0 spiro atoms. The summed E-state index contributed by atoms with van der Waals surface area (Å²) in [7, 11) is 2.57. The van der Waals surface area contributed by atoms with E-state index in [4.69, 9.17) is 14.5 Å². The van der Waals surface area contributed by atoms with E-state index in [1.54, 1.807) is 22.2 Å². The van der Waals surface area contributed by atoms with Gasteiger partial charge in [0.05, 0.1) is 50.1 Å². The van der Waals surface area contributed by atoms with Gasteiger partial charge in [0.2, 0.25) is 5.91 Å². The Balaban J connectivity index is 0.00000567. The number of carbonyl (C=O) groups is 4. The molecule has 0 bridgehead atoms. The Morgan fingerprint density at radius 3 is 1.57 bits per heavy atom. The second-order valence-corrected chi connectivity index (χ2v) is 14.7. The van der Waals surface area contributed by atoms with Gasteiger partial charge >= 0.3 is 12.2 Å². The second-order valence-electron chi connectivity index (χ2n) is 14.7. The molecule has 4 amide bonds. The Labute approximate surface area is 343 Å². The number of hydrogen-bond donors (Lipinski definition) is 4. The molecule has 2 saturated heterocycles. The monoisotopic (exact) mass is 808 g/mol. The molecule has 4 N–H and O–H groups in total. The number of hydrogen-bond acceptors (Lipinski definition) is 8. The fraction of sp³-hybridized carbons (Fsp3) is 0.349. The predicted molar refractivity (Wildman–Crippen MR) is 221 cm³/mol. The number of imidazole rings is 2. The zero-order chi connectivity index (χ0) is 40.1. The molecule has 2 aromatic heterocycles. The third kappa shape index (κ3) is 8.86. The molecule has 0 saturated carbocycles. The fourth-order valence-corrected chi connectivity index (χ4v) is 7.77. The quantitative estimate of drug-likeness (QED) is 0.107. The van der Waals surface area contributed by atoms with Crippen molar-refractivity contribution in [3.8, 4) is 33.6 Å². The van der Waals surface area contributed by atoms with Crippen LogP contribution in [-0.2, 0) is 19.1 Å². The van der Waals surface area contributed by atoms with Crippen LogP contribution in [0.25, 0.3) is 33.6 Å². The minimum Gasteiger partial charge on any atom is -0.453 e. The number of amides is 4. The first kappa shape index (κ1) is 41.5. The highest BCUT2D eigenvalue weighted by molar-refractivity contribution is 5.88. The van der Waals surface area contributed by atoms with Crippen molar-refractivity contribution < 1.29 is 28.7 Å².